The Morgan fingerprint density at radius 3 is 2.06 bits per heavy atom. The molecule has 0 aliphatic rings. The van der Waals surface area contributed by atoms with Gasteiger partial charge in [-0.05, 0) is 41.3 Å². The van der Waals surface area contributed by atoms with Gasteiger partial charge in [-0.2, -0.15) is 4.98 Å². The van der Waals surface area contributed by atoms with E-state index in [0.29, 0.717) is 36.1 Å². The van der Waals surface area contributed by atoms with Gasteiger partial charge in [-0.15, -0.1) is 0 Å². The molecule has 160 valence electrons. The van der Waals surface area contributed by atoms with Crippen molar-refractivity contribution in [1.29, 1.82) is 0 Å². The van der Waals surface area contributed by atoms with Gasteiger partial charge in [0, 0.05) is 11.6 Å². The second kappa shape index (κ2) is 9.79. The molecule has 1 N–H and O–H groups in total. The van der Waals surface area contributed by atoms with Gasteiger partial charge >= 0.3 is 5.97 Å². The van der Waals surface area contributed by atoms with Crippen molar-refractivity contribution in [2.24, 2.45) is 0 Å². The summed E-state index contributed by atoms with van der Waals surface area (Å²) in [4.78, 5) is 16.2. The van der Waals surface area contributed by atoms with Gasteiger partial charge in [-0.1, -0.05) is 72.8 Å². The zero-order valence-corrected chi connectivity index (χ0v) is 17.7. The lowest BCUT2D eigenvalue weighted by atomic mass is 10.0. The standard InChI is InChI=1S/C27H23NO4/c1-19-12-13-22(16-24(19)27(29)30)23-14-15-25(31-17-20-8-4-2-5-9-20)28-26(23)32-18-21-10-6-3-7-11-21/h2-16H,17-18H2,1H3,(H,29,30). The van der Waals surface area contributed by atoms with Gasteiger partial charge in [0.05, 0.1) is 5.56 Å². The molecule has 0 fully saturated rings. The van der Waals surface area contributed by atoms with E-state index in [1.54, 1.807) is 25.1 Å². The highest BCUT2D eigenvalue weighted by molar-refractivity contribution is 5.91. The molecule has 4 rings (SSSR count). The van der Waals surface area contributed by atoms with Gasteiger partial charge in [-0.3, -0.25) is 0 Å². The number of pyridine rings is 1. The zero-order chi connectivity index (χ0) is 22.3. The number of aromatic nitrogens is 1. The fourth-order valence-corrected chi connectivity index (χ4v) is 3.31. The van der Waals surface area contributed by atoms with Crippen LogP contribution in [0.5, 0.6) is 11.8 Å². The Kier molecular flexibility index (Phi) is 6.46. The molecule has 0 aliphatic carbocycles. The van der Waals surface area contributed by atoms with E-state index in [-0.39, 0.29) is 5.56 Å². The van der Waals surface area contributed by atoms with Crippen LogP contribution in [0.15, 0.2) is 91.0 Å². The maximum absolute atomic E-state index is 11.6. The Labute approximate surface area is 186 Å². The molecule has 32 heavy (non-hydrogen) atoms. The fraction of sp³-hybridized carbons (Fsp3) is 0.111. The molecule has 5 nitrogen and oxygen atoms in total. The molecule has 0 spiro atoms. The minimum Gasteiger partial charge on any atom is -0.478 e. The van der Waals surface area contributed by atoms with Gasteiger partial charge in [0.25, 0.3) is 0 Å². The first kappa shape index (κ1) is 21.1. The fourth-order valence-electron chi connectivity index (χ4n) is 3.31. The van der Waals surface area contributed by atoms with E-state index in [0.717, 1.165) is 16.7 Å². The molecule has 5 heteroatoms. The van der Waals surface area contributed by atoms with Gasteiger partial charge in [0.1, 0.15) is 13.2 Å². The monoisotopic (exact) mass is 425 g/mol. The molecule has 0 atom stereocenters. The molecule has 3 aromatic carbocycles. The summed E-state index contributed by atoms with van der Waals surface area (Å²) >= 11 is 0. The number of carbonyl (C=O) groups is 1. The van der Waals surface area contributed by atoms with Crippen LogP contribution < -0.4 is 9.47 Å². The van der Waals surface area contributed by atoms with Crippen molar-refractivity contribution in [3.63, 3.8) is 0 Å². The number of rotatable bonds is 8. The third kappa shape index (κ3) is 5.13. The number of ether oxygens (including phenoxy) is 2. The van der Waals surface area contributed by atoms with Crippen molar-refractivity contribution in [2.75, 3.05) is 0 Å². The van der Waals surface area contributed by atoms with E-state index in [2.05, 4.69) is 4.98 Å². The lowest BCUT2D eigenvalue weighted by Gasteiger charge is -2.14. The molecule has 4 aromatic rings. The van der Waals surface area contributed by atoms with Crippen LogP contribution in [0.4, 0.5) is 0 Å². The minimum absolute atomic E-state index is 0.251. The number of nitrogens with zero attached hydrogens (tertiary/aromatic N) is 1. The summed E-state index contributed by atoms with van der Waals surface area (Å²) in [6.07, 6.45) is 0. The van der Waals surface area contributed by atoms with Crippen LogP contribution in [0.25, 0.3) is 11.1 Å². The van der Waals surface area contributed by atoms with Crippen LogP contribution in [0.2, 0.25) is 0 Å². The maximum Gasteiger partial charge on any atom is 0.335 e. The Morgan fingerprint density at radius 1 is 0.812 bits per heavy atom. The second-order valence-corrected chi connectivity index (χ2v) is 7.39. The Bertz CT molecular complexity index is 1210. The van der Waals surface area contributed by atoms with Crippen LogP contribution in [0.1, 0.15) is 27.0 Å². The Hall–Kier alpha value is -4.12. The van der Waals surface area contributed by atoms with Crippen LogP contribution in [-0.4, -0.2) is 16.1 Å². The van der Waals surface area contributed by atoms with Gasteiger partial charge in [0.15, 0.2) is 0 Å². The number of hydrogen-bond acceptors (Lipinski definition) is 4. The smallest absolute Gasteiger partial charge is 0.335 e. The topological polar surface area (TPSA) is 68.7 Å². The maximum atomic E-state index is 11.6. The average molecular weight is 425 g/mol. The molecular weight excluding hydrogens is 402 g/mol. The Balaban J connectivity index is 1.65. The van der Waals surface area contributed by atoms with Crippen molar-refractivity contribution in [2.45, 2.75) is 20.1 Å². The summed E-state index contributed by atoms with van der Waals surface area (Å²) in [7, 11) is 0. The first-order valence-electron chi connectivity index (χ1n) is 10.3. The first-order chi connectivity index (χ1) is 15.6. The first-order valence-corrected chi connectivity index (χ1v) is 10.3. The lowest BCUT2D eigenvalue weighted by Crippen LogP contribution is -2.03. The van der Waals surface area contributed by atoms with Crippen molar-refractivity contribution in [3.05, 3.63) is 113 Å². The van der Waals surface area contributed by atoms with Crippen molar-refractivity contribution in [3.8, 4) is 22.9 Å². The lowest BCUT2D eigenvalue weighted by molar-refractivity contribution is 0.0696. The van der Waals surface area contributed by atoms with Crippen LogP contribution >= 0.6 is 0 Å². The highest BCUT2D eigenvalue weighted by Gasteiger charge is 2.15. The quantitative estimate of drug-likeness (QED) is 0.380. The van der Waals surface area contributed by atoms with Gasteiger partial charge in [0.2, 0.25) is 11.8 Å². The summed E-state index contributed by atoms with van der Waals surface area (Å²) in [5.74, 6) is -0.141. The molecule has 1 aromatic heterocycles. The van der Waals surface area contributed by atoms with E-state index < -0.39 is 5.97 Å². The van der Waals surface area contributed by atoms with E-state index >= 15 is 0 Å². The highest BCUT2D eigenvalue weighted by Crippen LogP contribution is 2.32. The molecule has 0 aliphatic heterocycles. The summed E-state index contributed by atoms with van der Waals surface area (Å²) in [5.41, 5.74) is 4.42. The van der Waals surface area contributed by atoms with Crippen molar-refractivity contribution in [1.82, 2.24) is 4.98 Å². The van der Waals surface area contributed by atoms with Crippen LogP contribution in [0.3, 0.4) is 0 Å². The molecule has 0 radical (unpaired) electrons. The molecule has 0 bridgehead atoms. The number of aromatic carboxylic acids is 1. The van der Waals surface area contributed by atoms with E-state index in [1.165, 1.54) is 0 Å². The highest BCUT2D eigenvalue weighted by atomic mass is 16.5. The van der Waals surface area contributed by atoms with Crippen molar-refractivity contribution >= 4 is 5.97 Å². The molecule has 0 saturated heterocycles. The molecule has 1 heterocycles. The summed E-state index contributed by atoms with van der Waals surface area (Å²) in [6, 6.07) is 28.6. The number of benzene rings is 3. The van der Waals surface area contributed by atoms with Crippen molar-refractivity contribution < 1.29 is 19.4 Å². The van der Waals surface area contributed by atoms with Crippen LogP contribution in [-0.2, 0) is 13.2 Å². The summed E-state index contributed by atoms with van der Waals surface area (Å²) < 4.78 is 11.9. The second-order valence-electron chi connectivity index (χ2n) is 7.39. The predicted molar refractivity (Wildman–Crippen MR) is 123 cm³/mol. The molecule has 0 saturated carbocycles. The summed E-state index contributed by atoms with van der Waals surface area (Å²) in [5, 5.41) is 9.51. The minimum atomic E-state index is -0.966. The largest absolute Gasteiger partial charge is 0.478 e. The third-order valence-electron chi connectivity index (χ3n) is 5.06. The molecular formula is C27H23NO4. The summed E-state index contributed by atoms with van der Waals surface area (Å²) in [6.45, 7) is 2.50. The number of aryl methyl sites for hydroxylation is 1. The predicted octanol–water partition coefficient (Wildman–Crippen LogP) is 5.91. The van der Waals surface area contributed by atoms with E-state index in [1.807, 2.05) is 72.8 Å². The SMILES string of the molecule is Cc1ccc(-c2ccc(OCc3ccccc3)nc2OCc2ccccc2)cc1C(=O)O. The van der Waals surface area contributed by atoms with Crippen LogP contribution in [0, 0.1) is 6.92 Å². The normalized spacial score (nSPS) is 10.5. The molecule has 0 amide bonds. The van der Waals surface area contributed by atoms with Gasteiger partial charge < -0.3 is 14.6 Å². The van der Waals surface area contributed by atoms with E-state index in [4.69, 9.17) is 9.47 Å². The number of carboxylic acid groups (broad SMARTS) is 1. The van der Waals surface area contributed by atoms with E-state index in [9.17, 15) is 9.90 Å². The third-order valence-corrected chi connectivity index (χ3v) is 5.06. The zero-order valence-electron chi connectivity index (χ0n) is 17.7. The number of carboxylic acids is 1. The average Bonchev–Trinajstić information content (AvgIpc) is 2.83. The van der Waals surface area contributed by atoms with Gasteiger partial charge in [-0.25, -0.2) is 4.79 Å². The Morgan fingerprint density at radius 2 is 1.44 bits per heavy atom. The number of hydrogen-bond donors (Lipinski definition) is 1. The molecule has 0 unspecified atom stereocenters.